The summed E-state index contributed by atoms with van der Waals surface area (Å²) in [5, 5.41) is 1.23. The molecule has 2 aromatic heterocycles. The zero-order valence-electron chi connectivity index (χ0n) is 9.10. The molecule has 2 atom stereocenters. The van der Waals surface area contributed by atoms with Crippen molar-refractivity contribution in [3.63, 3.8) is 0 Å². The van der Waals surface area contributed by atoms with Gasteiger partial charge in [-0.3, -0.25) is 0 Å². The van der Waals surface area contributed by atoms with Gasteiger partial charge in [-0.15, -0.1) is 0 Å². The first-order valence-electron chi connectivity index (χ1n) is 5.80. The lowest BCUT2D eigenvalue weighted by molar-refractivity contribution is 0.393. The van der Waals surface area contributed by atoms with Crippen molar-refractivity contribution in [1.82, 2.24) is 9.97 Å². The first-order chi connectivity index (χ1) is 7.83. The zero-order chi connectivity index (χ0) is 11.0. The normalized spacial score (nSPS) is 26.1. The topological polar surface area (TPSA) is 51.8 Å². The molecule has 1 fully saturated rings. The van der Waals surface area contributed by atoms with Gasteiger partial charge in [0.25, 0.3) is 0 Å². The quantitative estimate of drug-likeness (QED) is 0.824. The number of aromatic nitrogens is 2. The van der Waals surface area contributed by atoms with Crippen LogP contribution in [0.3, 0.4) is 0 Å². The molecule has 0 radical (unpaired) electrons. The van der Waals surface area contributed by atoms with E-state index in [9.17, 15) is 0 Å². The van der Waals surface area contributed by atoms with Crippen molar-refractivity contribution < 1.29 is 0 Å². The molecule has 1 saturated carbocycles. The molecular formula is C12H15N3S. The van der Waals surface area contributed by atoms with Gasteiger partial charge in [-0.05, 0) is 31.4 Å². The highest BCUT2D eigenvalue weighted by atomic mass is 32.1. The lowest BCUT2D eigenvalue weighted by Crippen LogP contribution is -2.26. The number of thiazole rings is 1. The smallest absolute Gasteiger partial charge is 0.143 e. The van der Waals surface area contributed by atoms with Crippen molar-refractivity contribution in [2.45, 2.75) is 37.6 Å². The van der Waals surface area contributed by atoms with Gasteiger partial charge in [0.05, 0.1) is 5.01 Å². The molecule has 0 bridgehead atoms. The van der Waals surface area contributed by atoms with Crippen LogP contribution in [0.2, 0.25) is 0 Å². The lowest BCUT2D eigenvalue weighted by atomic mass is 9.87. The first-order valence-corrected chi connectivity index (χ1v) is 6.61. The average Bonchev–Trinajstić information content (AvgIpc) is 2.72. The Morgan fingerprint density at radius 1 is 1.38 bits per heavy atom. The Balaban J connectivity index is 1.93. The second kappa shape index (κ2) is 4.11. The summed E-state index contributed by atoms with van der Waals surface area (Å²) in [6, 6.07) is 4.34. The van der Waals surface area contributed by atoms with Crippen LogP contribution in [-0.4, -0.2) is 16.0 Å². The maximum Gasteiger partial charge on any atom is 0.143 e. The molecule has 0 saturated heterocycles. The van der Waals surface area contributed by atoms with E-state index >= 15 is 0 Å². The van der Waals surface area contributed by atoms with E-state index < -0.39 is 0 Å². The zero-order valence-corrected chi connectivity index (χ0v) is 9.91. The summed E-state index contributed by atoms with van der Waals surface area (Å²) >= 11 is 1.73. The fourth-order valence-electron chi connectivity index (χ4n) is 2.41. The van der Waals surface area contributed by atoms with Crippen molar-refractivity contribution in [2.24, 2.45) is 5.73 Å². The van der Waals surface area contributed by atoms with Crippen LogP contribution in [0, 0.1) is 0 Å². The van der Waals surface area contributed by atoms with E-state index in [1.807, 2.05) is 18.3 Å². The molecule has 2 aromatic rings. The van der Waals surface area contributed by atoms with Crippen molar-refractivity contribution >= 4 is 21.7 Å². The highest BCUT2D eigenvalue weighted by Crippen LogP contribution is 2.35. The van der Waals surface area contributed by atoms with Crippen LogP contribution >= 0.6 is 11.3 Å². The molecule has 3 nitrogen and oxygen atoms in total. The second-order valence-electron chi connectivity index (χ2n) is 4.50. The highest BCUT2D eigenvalue weighted by Gasteiger charge is 2.23. The summed E-state index contributed by atoms with van der Waals surface area (Å²) in [5.41, 5.74) is 7.05. The van der Waals surface area contributed by atoms with E-state index in [1.54, 1.807) is 11.3 Å². The van der Waals surface area contributed by atoms with Crippen LogP contribution in [0.1, 0.15) is 36.6 Å². The van der Waals surface area contributed by atoms with Gasteiger partial charge in [-0.2, -0.15) is 0 Å². The largest absolute Gasteiger partial charge is 0.328 e. The van der Waals surface area contributed by atoms with E-state index in [-0.39, 0.29) is 0 Å². The van der Waals surface area contributed by atoms with Crippen LogP contribution in [0.5, 0.6) is 0 Å². The van der Waals surface area contributed by atoms with Crippen LogP contribution in [0.25, 0.3) is 10.3 Å². The standard InChI is InChI=1S/C12H15N3S/c13-9-4-1-3-8(7-9)11-15-10-5-2-6-14-12(10)16-11/h2,5-6,8-9H,1,3-4,7,13H2. The molecular weight excluding hydrogens is 218 g/mol. The molecule has 16 heavy (non-hydrogen) atoms. The maximum absolute atomic E-state index is 6.02. The molecule has 0 spiro atoms. The number of pyridine rings is 1. The summed E-state index contributed by atoms with van der Waals surface area (Å²) in [4.78, 5) is 10.1. The molecule has 3 rings (SSSR count). The second-order valence-corrected chi connectivity index (χ2v) is 5.51. The van der Waals surface area contributed by atoms with E-state index in [0.29, 0.717) is 12.0 Å². The van der Waals surface area contributed by atoms with E-state index in [1.165, 1.54) is 24.3 Å². The number of rotatable bonds is 1. The summed E-state index contributed by atoms with van der Waals surface area (Å²) in [7, 11) is 0. The van der Waals surface area contributed by atoms with Gasteiger partial charge in [-0.25, -0.2) is 9.97 Å². The fraction of sp³-hybridized carbons (Fsp3) is 0.500. The van der Waals surface area contributed by atoms with Gasteiger partial charge in [0, 0.05) is 18.2 Å². The van der Waals surface area contributed by atoms with Crippen LogP contribution < -0.4 is 5.73 Å². The van der Waals surface area contributed by atoms with Crippen LogP contribution in [0.4, 0.5) is 0 Å². The monoisotopic (exact) mass is 233 g/mol. The van der Waals surface area contributed by atoms with Crippen molar-refractivity contribution in [1.29, 1.82) is 0 Å². The molecule has 2 N–H and O–H groups in total. The average molecular weight is 233 g/mol. The van der Waals surface area contributed by atoms with Crippen LogP contribution in [0.15, 0.2) is 18.3 Å². The minimum Gasteiger partial charge on any atom is -0.328 e. The number of nitrogens with zero attached hydrogens (tertiary/aromatic N) is 2. The van der Waals surface area contributed by atoms with Gasteiger partial charge in [0.1, 0.15) is 10.3 Å². The highest BCUT2D eigenvalue weighted by molar-refractivity contribution is 7.18. The molecule has 2 unspecified atom stereocenters. The molecule has 0 aliphatic heterocycles. The molecule has 1 aliphatic carbocycles. The Labute approximate surface area is 98.7 Å². The summed E-state index contributed by atoms with van der Waals surface area (Å²) < 4.78 is 0. The van der Waals surface area contributed by atoms with E-state index in [2.05, 4.69) is 9.97 Å². The van der Waals surface area contributed by atoms with Crippen molar-refractivity contribution in [3.05, 3.63) is 23.3 Å². The maximum atomic E-state index is 6.02. The minimum absolute atomic E-state index is 0.360. The molecule has 84 valence electrons. The molecule has 1 aliphatic rings. The van der Waals surface area contributed by atoms with Crippen LogP contribution in [-0.2, 0) is 0 Å². The predicted octanol–water partition coefficient (Wildman–Crippen LogP) is 2.68. The molecule has 0 amide bonds. The fourth-order valence-corrected chi connectivity index (χ4v) is 3.47. The van der Waals surface area contributed by atoms with Gasteiger partial charge < -0.3 is 5.73 Å². The van der Waals surface area contributed by atoms with Crippen molar-refractivity contribution in [3.8, 4) is 0 Å². The number of hydrogen-bond acceptors (Lipinski definition) is 4. The van der Waals surface area contributed by atoms with Gasteiger partial charge in [-0.1, -0.05) is 17.8 Å². The number of hydrogen-bond donors (Lipinski definition) is 1. The van der Waals surface area contributed by atoms with Gasteiger partial charge in [0.15, 0.2) is 0 Å². The summed E-state index contributed by atoms with van der Waals surface area (Å²) in [6.07, 6.45) is 6.54. The Bertz CT molecular complexity index is 461. The number of nitrogens with two attached hydrogens (primary N) is 1. The molecule has 2 heterocycles. The van der Waals surface area contributed by atoms with Crippen molar-refractivity contribution in [2.75, 3.05) is 0 Å². The Morgan fingerprint density at radius 2 is 2.31 bits per heavy atom. The van der Waals surface area contributed by atoms with Gasteiger partial charge >= 0.3 is 0 Å². The summed E-state index contributed by atoms with van der Waals surface area (Å²) in [5.74, 6) is 0.558. The lowest BCUT2D eigenvalue weighted by Gasteiger charge is -2.24. The van der Waals surface area contributed by atoms with E-state index in [0.717, 1.165) is 16.8 Å². The minimum atomic E-state index is 0.360. The third-order valence-corrected chi connectivity index (χ3v) is 4.39. The van der Waals surface area contributed by atoms with Gasteiger partial charge in [0.2, 0.25) is 0 Å². The Kier molecular flexibility index (Phi) is 2.61. The SMILES string of the molecule is NC1CCCC(c2nc3cccnc3s2)C1. The third kappa shape index (κ3) is 1.83. The Morgan fingerprint density at radius 3 is 3.12 bits per heavy atom. The first kappa shape index (κ1) is 10.2. The third-order valence-electron chi connectivity index (χ3n) is 3.25. The molecule has 4 heteroatoms. The predicted molar refractivity (Wildman–Crippen MR) is 66.6 cm³/mol. The summed E-state index contributed by atoms with van der Waals surface area (Å²) in [6.45, 7) is 0. The number of fused-ring (bicyclic) bond motifs is 1. The Hall–Kier alpha value is -1.00. The van der Waals surface area contributed by atoms with E-state index in [4.69, 9.17) is 5.73 Å². The molecule has 0 aromatic carbocycles.